The van der Waals surface area contributed by atoms with E-state index >= 15 is 0 Å². The first-order valence-electron chi connectivity index (χ1n) is 20.6. The van der Waals surface area contributed by atoms with Crippen molar-refractivity contribution in [1.82, 2.24) is 15.0 Å². The van der Waals surface area contributed by atoms with Crippen LogP contribution in [0.15, 0.2) is 217 Å². The highest BCUT2D eigenvalue weighted by Crippen LogP contribution is 2.40. The van der Waals surface area contributed by atoms with Gasteiger partial charge in [0.1, 0.15) is 11.2 Å². The second-order valence-electron chi connectivity index (χ2n) is 15.5. The Morgan fingerprint density at radius 3 is 1.56 bits per heavy atom. The van der Waals surface area contributed by atoms with Crippen LogP contribution in [0.1, 0.15) is 0 Å². The zero-order valence-electron chi connectivity index (χ0n) is 33.0. The summed E-state index contributed by atoms with van der Waals surface area (Å²) in [7, 11) is 0. The van der Waals surface area contributed by atoms with Crippen molar-refractivity contribution in [2.24, 2.45) is 0 Å². The molecule has 10 aromatic carbocycles. The van der Waals surface area contributed by atoms with Crippen LogP contribution >= 0.6 is 0 Å². The molecule has 2 aromatic heterocycles. The van der Waals surface area contributed by atoms with E-state index in [0.29, 0.717) is 17.5 Å². The van der Waals surface area contributed by atoms with Crippen LogP contribution in [0.3, 0.4) is 0 Å². The highest BCUT2D eigenvalue weighted by Gasteiger charge is 2.19. The Morgan fingerprint density at radius 1 is 0.279 bits per heavy atom. The van der Waals surface area contributed by atoms with Gasteiger partial charge in [-0.1, -0.05) is 194 Å². The minimum atomic E-state index is 0.553. The quantitative estimate of drug-likeness (QED) is 0.158. The van der Waals surface area contributed by atoms with Gasteiger partial charge in [0, 0.05) is 21.9 Å². The average Bonchev–Trinajstić information content (AvgIpc) is 3.73. The minimum Gasteiger partial charge on any atom is -0.455 e. The van der Waals surface area contributed by atoms with Crippen LogP contribution in [0.25, 0.3) is 122 Å². The third-order valence-corrected chi connectivity index (χ3v) is 11.9. The van der Waals surface area contributed by atoms with Crippen LogP contribution in [-0.2, 0) is 0 Å². The third kappa shape index (κ3) is 5.96. The monoisotopic (exact) mass is 777 g/mol. The van der Waals surface area contributed by atoms with Gasteiger partial charge in [-0.2, -0.15) is 0 Å². The van der Waals surface area contributed by atoms with Crippen molar-refractivity contribution in [3.8, 4) is 67.5 Å². The van der Waals surface area contributed by atoms with Crippen LogP contribution in [0, 0.1) is 0 Å². The smallest absolute Gasteiger partial charge is 0.167 e. The van der Waals surface area contributed by atoms with Gasteiger partial charge in [0.2, 0.25) is 0 Å². The van der Waals surface area contributed by atoms with Gasteiger partial charge in [0.05, 0.1) is 5.56 Å². The second kappa shape index (κ2) is 14.3. The van der Waals surface area contributed by atoms with Crippen molar-refractivity contribution in [2.45, 2.75) is 0 Å². The molecule has 0 aliphatic rings. The minimum absolute atomic E-state index is 0.553. The van der Waals surface area contributed by atoms with Gasteiger partial charge in [0.25, 0.3) is 0 Å². The Bertz CT molecular complexity index is 3640. The number of aromatic nitrogens is 3. The molecule has 4 heteroatoms. The first kappa shape index (κ1) is 34.8. The van der Waals surface area contributed by atoms with Gasteiger partial charge in [-0.15, -0.1) is 0 Å². The average molecular weight is 778 g/mol. The van der Waals surface area contributed by atoms with Crippen LogP contribution in [0.2, 0.25) is 0 Å². The highest BCUT2D eigenvalue weighted by molar-refractivity contribution is 6.14. The Hall–Kier alpha value is -8.21. The standard InChI is InChI=1S/C57H35N3O/c1-2-13-36(14-3-1)45-23-9-16-39-17-10-24-46(52(39)45)38-30-33-41(34-31-38)55-58-56(60-57(59-55)50-27-12-26-49-48-22-6-7-28-51(48)61-54(49)50)43-20-8-19-42(35-43)47-25-11-18-40-32-29-37-15-4-5-21-44(37)53(40)47/h1-35H. The SMILES string of the molecule is c1ccc(-c2cccc3cccc(-c4ccc(-c5nc(-c6cccc(-c7cccc8ccc9ccccc9c78)c6)nc(-c6cccc7c6oc6ccccc67)n5)cc4)c23)cc1. The maximum atomic E-state index is 6.52. The Balaban J connectivity index is 1.02. The lowest BCUT2D eigenvalue weighted by Crippen LogP contribution is -2.00. The van der Waals surface area contributed by atoms with E-state index in [-0.39, 0.29) is 0 Å². The predicted molar refractivity (Wildman–Crippen MR) is 252 cm³/mol. The van der Waals surface area contributed by atoms with Crippen LogP contribution < -0.4 is 0 Å². The number of para-hydroxylation sites is 2. The van der Waals surface area contributed by atoms with Crippen LogP contribution in [0.4, 0.5) is 0 Å². The maximum Gasteiger partial charge on any atom is 0.167 e. The Morgan fingerprint density at radius 2 is 0.770 bits per heavy atom. The van der Waals surface area contributed by atoms with Gasteiger partial charge < -0.3 is 4.42 Å². The number of nitrogens with zero attached hydrogens (tertiary/aromatic N) is 3. The highest BCUT2D eigenvalue weighted by atomic mass is 16.3. The van der Waals surface area contributed by atoms with E-state index in [1.165, 1.54) is 49.0 Å². The second-order valence-corrected chi connectivity index (χ2v) is 15.5. The molecule has 0 saturated heterocycles. The fourth-order valence-corrected chi connectivity index (χ4v) is 9.04. The molecule has 0 radical (unpaired) electrons. The fourth-order valence-electron chi connectivity index (χ4n) is 9.04. The number of furan rings is 1. The molecule has 12 aromatic rings. The van der Waals surface area contributed by atoms with Gasteiger partial charge in [-0.05, 0) is 83.9 Å². The molecule has 0 N–H and O–H groups in total. The molecule has 0 atom stereocenters. The number of fused-ring (bicyclic) bond motifs is 7. The lowest BCUT2D eigenvalue weighted by molar-refractivity contribution is 0.669. The third-order valence-electron chi connectivity index (χ3n) is 11.9. The van der Waals surface area contributed by atoms with Crippen molar-refractivity contribution in [2.75, 3.05) is 0 Å². The first-order chi connectivity index (χ1) is 30.2. The van der Waals surface area contributed by atoms with Crippen molar-refractivity contribution in [1.29, 1.82) is 0 Å². The lowest BCUT2D eigenvalue weighted by atomic mass is 9.91. The molecular weight excluding hydrogens is 743 g/mol. The normalized spacial score (nSPS) is 11.6. The summed E-state index contributed by atoms with van der Waals surface area (Å²) >= 11 is 0. The lowest BCUT2D eigenvalue weighted by Gasteiger charge is -2.14. The molecule has 0 saturated carbocycles. The van der Waals surface area contributed by atoms with Crippen LogP contribution in [0.5, 0.6) is 0 Å². The predicted octanol–water partition coefficient (Wildman–Crippen LogP) is 15.2. The summed E-state index contributed by atoms with van der Waals surface area (Å²) in [5, 5.41) is 9.39. The molecule has 2 heterocycles. The first-order valence-corrected chi connectivity index (χ1v) is 20.6. The van der Waals surface area contributed by atoms with E-state index in [2.05, 4.69) is 188 Å². The van der Waals surface area contributed by atoms with Crippen molar-refractivity contribution in [3.05, 3.63) is 212 Å². The summed E-state index contributed by atoms with van der Waals surface area (Å²) < 4.78 is 6.52. The van der Waals surface area contributed by atoms with E-state index in [1.807, 2.05) is 24.3 Å². The fraction of sp³-hybridized carbons (Fsp3) is 0. The Labute approximate surface area is 352 Å². The van der Waals surface area contributed by atoms with Crippen molar-refractivity contribution in [3.63, 3.8) is 0 Å². The molecule has 61 heavy (non-hydrogen) atoms. The summed E-state index contributed by atoms with van der Waals surface area (Å²) in [6, 6.07) is 74.7. The van der Waals surface area contributed by atoms with E-state index in [4.69, 9.17) is 19.4 Å². The molecule has 0 aliphatic heterocycles. The topological polar surface area (TPSA) is 51.8 Å². The number of rotatable bonds is 6. The molecule has 12 rings (SSSR count). The van der Waals surface area contributed by atoms with E-state index in [9.17, 15) is 0 Å². The molecule has 284 valence electrons. The molecule has 0 fully saturated rings. The molecular formula is C57H35N3O. The van der Waals surface area contributed by atoms with E-state index in [0.717, 1.165) is 55.3 Å². The van der Waals surface area contributed by atoms with Gasteiger partial charge in [0.15, 0.2) is 17.5 Å². The van der Waals surface area contributed by atoms with E-state index in [1.54, 1.807) is 0 Å². The number of hydrogen-bond donors (Lipinski definition) is 0. The molecule has 0 unspecified atom stereocenters. The van der Waals surface area contributed by atoms with Gasteiger partial charge in [-0.3, -0.25) is 0 Å². The molecule has 0 spiro atoms. The zero-order chi connectivity index (χ0) is 40.3. The molecule has 0 amide bonds. The zero-order valence-corrected chi connectivity index (χ0v) is 33.0. The summed E-state index contributed by atoms with van der Waals surface area (Å²) in [5.41, 5.74) is 11.2. The summed E-state index contributed by atoms with van der Waals surface area (Å²) in [4.78, 5) is 15.6. The number of benzene rings is 10. The molecule has 0 aliphatic carbocycles. The Kier molecular flexibility index (Phi) is 8.13. The number of hydrogen-bond acceptors (Lipinski definition) is 4. The largest absolute Gasteiger partial charge is 0.455 e. The molecule has 4 nitrogen and oxygen atoms in total. The van der Waals surface area contributed by atoms with E-state index < -0.39 is 0 Å². The summed E-state index contributed by atoms with van der Waals surface area (Å²) in [5.74, 6) is 1.73. The van der Waals surface area contributed by atoms with Crippen molar-refractivity contribution < 1.29 is 4.42 Å². The van der Waals surface area contributed by atoms with Gasteiger partial charge >= 0.3 is 0 Å². The summed E-state index contributed by atoms with van der Waals surface area (Å²) in [6.07, 6.45) is 0. The van der Waals surface area contributed by atoms with Crippen LogP contribution in [-0.4, -0.2) is 15.0 Å². The maximum absolute atomic E-state index is 6.52. The summed E-state index contributed by atoms with van der Waals surface area (Å²) in [6.45, 7) is 0. The molecule has 0 bridgehead atoms. The van der Waals surface area contributed by atoms with Crippen molar-refractivity contribution >= 4 is 54.3 Å². The van der Waals surface area contributed by atoms with Gasteiger partial charge in [-0.25, -0.2) is 15.0 Å².